The van der Waals surface area contributed by atoms with Crippen LogP contribution in [0.4, 0.5) is 10.1 Å². The lowest BCUT2D eigenvalue weighted by atomic mass is 10.1. The molecule has 3 heterocycles. The molecule has 0 unspecified atom stereocenters. The average Bonchev–Trinajstić information content (AvgIpc) is 3.32. The van der Waals surface area contributed by atoms with E-state index in [-0.39, 0.29) is 36.2 Å². The van der Waals surface area contributed by atoms with Crippen molar-refractivity contribution in [1.29, 1.82) is 0 Å². The van der Waals surface area contributed by atoms with E-state index >= 15 is 0 Å². The molecule has 9 heteroatoms. The van der Waals surface area contributed by atoms with Crippen LogP contribution < -0.4 is 14.4 Å². The number of ether oxygens (including phenoxy) is 2. The lowest BCUT2D eigenvalue weighted by Crippen LogP contribution is -2.39. The van der Waals surface area contributed by atoms with E-state index in [0.717, 1.165) is 5.69 Å². The average molecular weight is 420 g/mol. The van der Waals surface area contributed by atoms with Gasteiger partial charge >= 0.3 is 0 Å². The van der Waals surface area contributed by atoms with Crippen LogP contribution in [0.1, 0.15) is 5.56 Å². The molecule has 3 aliphatic heterocycles. The number of benzene rings is 2. The number of rotatable bonds is 3. The molecule has 28 heavy (non-hydrogen) atoms. The molecule has 146 valence electrons. The molecule has 0 saturated carbocycles. The van der Waals surface area contributed by atoms with E-state index in [2.05, 4.69) is 4.99 Å². The molecule has 6 nitrogen and oxygen atoms in total. The standard InChI is InChI=1S/C19H17FN2O4S2/c20-14-4-2-1-3-12(14)8-27-19-21-15-9-28(23,24)10-16(15)22(19)13-5-6-17-18(7-13)26-11-25-17/h1-7,15-16H,8-11H2/t15-,16+/m0/s1. The number of aliphatic imine (C=N–C) groups is 1. The van der Waals surface area contributed by atoms with Gasteiger partial charge in [0.05, 0.1) is 23.6 Å². The fourth-order valence-corrected chi connectivity index (χ4v) is 6.68. The molecule has 0 N–H and O–H groups in total. The lowest BCUT2D eigenvalue weighted by molar-refractivity contribution is 0.174. The van der Waals surface area contributed by atoms with Crippen LogP contribution in [0.15, 0.2) is 47.5 Å². The van der Waals surface area contributed by atoms with E-state index in [1.165, 1.54) is 17.8 Å². The summed E-state index contributed by atoms with van der Waals surface area (Å²) in [4.78, 5) is 6.62. The van der Waals surface area contributed by atoms with Gasteiger partial charge in [0, 0.05) is 17.5 Å². The third-order valence-electron chi connectivity index (χ3n) is 5.06. The maximum absolute atomic E-state index is 14.0. The predicted molar refractivity (Wildman–Crippen MR) is 106 cm³/mol. The third-order valence-corrected chi connectivity index (χ3v) is 7.77. The maximum Gasteiger partial charge on any atom is 0.231 e. The quantitative estimate of drug-likeness (QED) is 0.761. The van der Waals surface area contributed by atoms with Crippen molar-refractivity contribution in [2.75, 3.05) is 23.2 Å². The summed E-state index contributed by atoms with van der Waals surface area (Å²) in [5.41, 5.74) is 1.39. The minimum absolute atomic E-state index is 0.0441. The highest BCUT2D eigenvalue weighted by Crippen LogP contribution is 2.41. The minimum Gasteiger partial charge on any atom is -0.454 e. The van der Waals surface area contributed by atoms with E-state index < -0.39 is 9.84 Å². The molecule has 0 bridgehead atoms. The Morgan fingerprint density at radius 2 is 1.96 bits per heavy atom. The zero-order valence-corrected chi connectivity index (χ0v) is 16.4. The Labute approximate surface area is 166 Å². The summed E-state index contributed by atoms with van der Waals surface area (Å²) >= 11 is 1.41. The van der Waals surface area contributed by atoms with Crippen LogP contribution in [0.25, 0.3) is 0 Å². The highest BCUT2D eigenvalue weighted by atomic mass is 32.2. The Kier molecular flexibility index (Phi) is 4.24. The number of hydrogen-bond donors (Lipinski definition) is 0. The summed E-state index contributed by atoms with van der Waals surface area (Å²) in [6.07, 6.45) is 0. The Hall–Kier alpha value is -2.26. The maximum atomic E-state index is 14.0. The van der Waals surface area contributed by atoms with Crippen molar-refractivity contribution < 1.29 is 22.3 Å². The first-order chi connectivity index (χ1) is 13.5. The summed E-state index contributed by atoms with van der Waals surface area (Å²) in [6, 6.07) is 11.6. The third kappa shape index (κ3) is 3.12. The van der Waals surface area contributed by atoms with Gasteiger partial charge in [0.15, 0.2) is 26.5 Å². The van der Waals surface area contributed by atoms with Gasteiger partial charge in [0.25, 0.3) is 0 Å². The van der Waals surface area contributed by atoms with Crippen LogP contribution >= 0.6 is 11.8 Å². The highest BCUT2D eigenvalue weighted by molar-refractivity contribution is 8.13. The van der Waals surface area contributed by atoms with Crippen molar-refractivity contribution in [2.45, 2.75) is 17.8 Å². The number of amidine groups is 1. The van der Waals surface area contributed by atoms with Gasteiger partial charge in [-0.3, -0.25) is 4.99 Å². The fraction of sp³-hybridized carbons (Fsp3) is 0.316. The summed E-state index contributed by atoms with van der Waals surface area (Å²) < 4.78 is 49.1. The van der Waals surface area contributed by atoms with E-state index in [0.29, 0.717) is 28.0 Å². The second-order valence-electron chi connectivity index (χ2n) is 6.91. The van der Waals surface area contributed by atoms with Gasteiger partial charge in [-0.15, -0.1) is 0 Å². The molecular formula is C19H17FN2O4S2. The molecule has 1 saturated heterocycles. The van der Waals surface area contributed by atoms with Crippen molar-refractivity contribution in [2.24, 2.45) is 4.99 Å². The van der Waals surface area contributed by atoms with E-state index in [1.807, 2.05) is 23.1 Å². The number of anilines is 1. The number of fused-ring (bicyclic) bond motifs is 2. The van der Waals surface area contributed by atoms with Gasteiger partial charge in [-0.1, -0.05) is 30.0 Å². The summed E-state index contributed by atoms with van der Waals surface area (Å²) in [5, 5.41) is 0.701. The summed E-state index contributed by atoms with van der Waals surface area (Å²) in [6.45, 7) is 0.169. The van der Waals surface area contributed by atoms with Gasteiger partial charge < -0.3 is 14.4 Å². The Balaban J connectivity index is 1.46. The van der Waals surface area contributed by atoms with Crippen molar-refractivity contribution in [3.8, 4) is 11.5 Å². The molecule has 5 rings (SSSR count). The molecule has 2 aromatic carbocycles. The SMILES string of the molecule is O=S1(=O)C[C@@H]2N=C(SCc3ccccc3F)N(c3ccc4c(c3)OCO4)[C@@H]2C1. The van der Waals surface area contributed by atoms with E-state index in [9.17, 15) is 12.8 Å². The Morgan fingerprint density at radius 3 is 2.82 bits per heavy atom. The molecule has 0 spiro atoms. The first kappa shape index (κ1) is 17.8. The number of nitrogens with zero attached hydrogens (tertiary/aromatic N) is 2. The lowest BCUT2D eigenvalue weighted by Gasteiger charge is -2.26. The predicted octanol–water partition coefficient (Wildman–Crippen LogP) is 2.83. The van der Waals surface area contributed by atoms with Crippen LogP contribution in [0, 0.1) is 5.82 Å². The van der Waals surface area contributed by atoms with Gasteiger partial charge in [-0.2, -0.15) is 0 Å². The first-order valence-corrected chi connectivity index (χ1v) is 11.6. The molecule has 2 aromatic rings. The van der Waals surface area contributed by atoms with Crippen molar-refractivity contribution >= 4 is 32.5 Å². The molecule has 2 atom stereocenters. The van der Waals surface area contributed by atoms with Crippen molar-refractivity contribution in [3.05, 3.63) is 53.8 Å². The van der Waals surface area contributed by atoms with Crippen LogP contribution in [0.2, 0.25) is 0 Å². The van der Waals surface area contributed by atoms with Gasteiger partial charge in [-0.25, -0.2) is 12.8 Å². The van der Waals surface area contributed by atoms with Crippen molar-refractivity contribution in [3.63, 3.8) is 0 Å². The minimum atomic E-state index is -3.13. The fourth-order valence-electron chi connectivity index (χ4n) is 3.73. The summed E-state index contributed by atoms with van der Waals surface area (Å²) in [7, 11) is -3.13. The number of sulfone groups is 1. The number of halogens is 1. The monoisotopic (exact) mass is 420 g/mol. The zero-order valence-electron chi connectivity index (χ0n) is 14.7. The molecule has 0 aromatic heterocycles. The second-order valence-corrected chi connectivity index (χ2v) is 10.0. The van der Waals surface area contributed by atoms with Crippen molar-refractivity contribution in [1.82, 2.24) is 0 Å². The van der Waals surface area contributed by atoms with Crippen LogP contribution in [-0.2, 0) is 15.6 Å². The second kappa shape index (κ2) is 6.66. The van der Waals surface area contributed by atoms with Crippen LogP contribution in [0.3, 0.4) is 0 Å². The molecule has 0 radical (unpaired) electrons. The Bertz CT molecular complexity index is 1070. The highest BCUT2D eigenvalue weighted by Gasteiger charge is 2.47. The van der Waals surface area contributed by atoms with Crippen LogP contribution in [-0.4, -0.2) is 44.0 Å². The number of thioether (sulfide) groups is 1. The van der Waals surface area contributed by atoms with Gasteiger partial charge in [-0.05, 0) is 23.8 Å². The van der Waals surface area contributed by atoms with E-state index in [4.69, 9.17) is 9.47 Å². The number of hydrogen-bond acceptors (Lipinski definition) is 7. The topological polar surface area (TPSA) is 68.2 Å². The smallest absolute Gasteiger partial charge is 0.231 e. The normalized spacial score (nSPS) is 24.3. The van der Waals surface area contributed by atoms with Crippen LogP contribution in [0.5, 0.6) is 11.5 Å². The molecule has 1 fully saturated rings. The first-order valence-electron chi connectivity index (χ1n) is 8.83. The molecule has 3 aliphatic rings. The molecule has 0 amide bonds. The summed E-state index contributed by atoms with van der Waals surface area (Å²) in [5.74, 6) is 1.54. The largest absolute Gasteiger partial charge is 0.454 e. The zero-order chi connectivity index (χ0) is 19.3. The van der Waals surface area contributed by atoms with Gasteiger partial charge in [0.1, 0.15) is 5.82 Å². The Morgan fingerprint density at radius 1 is 1.14 bits per heavy atom. The van der Waals surface area contributed by atoms with E-state index in [1.54, 1.807) is 18.2 Å². The molecular weight excluding hydrogens is 403 g/mol. The van der Waals surface area contributed by atoms with Gasteiger partial charge in [0.2, 0.25) is 6.79 Å². The molecule has 0 aliphatic carbocycles.